The Morgan fingerprint density at radius 3 is 2.46 bits per heavy atom. The summed E-state index contributed by atoms with van der Waals surface area (Å²) in [5.41, 5.74) is 3.32. The highest BCUT2D eigenvalue weighted by molar-refractivity contribution is 5.90. The van der Waals surface area contributed by atoms with E-state index in [1.807, 2.05) is 23.1 Å². The maximum absolute atomic E-state index is 13.4. The molecule has 41 heavy (non-hydrogen) atoms. The quantitative estimate of drug-likeness (QED) is 0.205. The molecule has 0 atom stereocenters. The van der Waals surface area contributed by atoms with E-state index in [-0.39, 0.29) is 12.5 Å². The molecule has 1 N–H and O–H groups in total. The van der Waals surface area contributed by atoms with E-state index >= 15 is 0 Å². The number of benzene rings is 3. The molecule has 3 aromatic carbocycles. The molecule has 0 radical (unpaired) electrons. The topological polar surface area (TPSA) is 110 Å². The Bertz CT molecular complexity index is 1480. The fourth-order valence-corrected chi connectivity index (χ4v) is 5.69. The molecule has 1 amide bonds. The molecule has 0 unspecified atom stereocenters. The number of nitrogens with one attached hydrogen (secondary N) is 1. The Morgan fingerprint density at radius 2 is 1.73 bits per heavy atom. The normalized spacial score (nSPS) is 14.2. The number of carbonyl (C=O) groups is 2. The van der Waals surface area contributed by atoms with Crippen molar-refractivity contribution < 1.29 is 19.1 Å². The summed E-state index contributed by atoms with van der Waals surface area (Å²) in [4.78, 5) is 27.5. The molecular formula is C32H37N5O4. The second kappa shape index (κ2) is 12.9. The van der Waals surface area contributed by atoms with E-state index in [9.17, 15) is 9.59 Å². The van der Waals surface area contributed by atoms with Crippen molar-refractivity contribution >= 4 is 22.8 Å². The third-order valence-corrected chi connectivity index (χ3v) is 7.76. The number of amides is 1. The number of fused-ring (bicyclic) bond motifs is 1. The van der Waals surface area contributed by atoms with E-state index in [1.54, 1.807) is 6.92 Å². The van der Waals surface area contributed by atoms with Gasteiger partial charge in [-0.2, -0.15) is 5.21 Å². The van der Waals surface area contributed by atoms with Crippen molar-refractivity contribution in [2.24, 2.45) is 0 Å². The van der Waals surface area contributed by atoms with Crippen LogP contribution in [0.15, 0.2) is 60.7 Å². The first kappa shape index (κ1) is 28.3. The Balaban J connectivity index is 1.40. The van der Waals surface area contributed by atoms with Gasteiger partial charge in [0.2, 0.25) is 11.7 Å². The first-order valence-electron chi connectivity index (χ1n) is 14.5. The summed E-state index contributed by atoms with van der Waals surface area (Å²) in [6, 6.07) is 20.7. The molecule has 1 aliphatic rings. The fourth-order valence-electron chi connectivity index (χ4n) is 5.69. The molecule has 0 saturated heterocycles. The van der Waals surface area contributed by atoms with E-state index < -0.39 is 11.8 Å². The first-order chi connectivity index (χ1) is 20.0. The lowest BCUT2D eigenvalue weighted by Crippen LogP contribution is -2.46. The van der Waals surface area contributed by atoms with Crippen LogP contribution in [-0.2, 0) is 20.8 Å². The molecule has 9 heteroatoms. The van der Waals surface area contributed by atoms with Crippen molar-refractivity contribution in [2.45, 2.75) is 70.9 Å². The Morgan fingerprint density at radius 1 is 0.976 bits per heavy atom. The highest BCUT2D eigenvalue weighted by Crippen LogP contribution is 2.36. The lowest BCUT2D eigenvalue weighted by molar-refractivity contribution is -0.136. The van der Waals surface area contributed by atoms with Gasteiger partial charge in [0.05, 0.1) is 13.2 Å². The molecular weight excluding hydrogens is 518 g/mol. The second-order valence-corrected chi connectivity index (χ2v) is 10.7. The van der Waals surface area contributed by atoms with Crippen LogP contribution in [0.4, 0.5) is 4.79 Å². The van der Waals surface area contributed by atoms with Gasteiger partial charge in [-0.15, -0.1) is 10.2 Å². The van der Waals surface area contributed by atoms with Crippen LogP contribution in [0, 0.1) is 0 Å². The molecule has 1 aromatic heterocycles. The lowest BCUT2D eigenvalue weighted by atomic mass is 9.96. The number of nitrogens with zero attached hydrogens (tertiary/aromatic N) is 4. The van der Waals surface area contributed by atoms with Crippen molar-refractivity contribution in [3.05, 3.63) is 66.2 Å². The molecule has 0 bridgehead atoms. The number of aromatic nitrogens is 4. The van der Waals surface area contributed by atoms with Gasteiger partial charge < -0.3 is 14.4 Å². The maximum Gasteiger partial charge on any atom is 0.508 e. The van der Waals surface area contributed by atoms with Crippen molar-refractivity contribution in [3.63, 3.8) is 0 Å². The van der Waals surface area contributed by atoms with Crippen LogP contribution in [0.3, 0.4) is 0 Å². The van der Waals surface area contributed by atoms with Gasteiger partial charge in [-0.1, -0.05) is 61.9 Å². The molecule has 9 nitrogen and oxygen atoms in total. The first-order valence-corrected chi connectivity index (χ1v) is 14.5. The molecule has 1 fully saturated rings. The van der Waals surface area contributed by atoms with Gasteiger partial charge in [0.1, 0.15) is 5.60 Å². The van der Waals surface area contributed by atoms with Crippen LogP contribution in [-0.4, -0.2) is 56.3 Å². The maximum atomic E-state index is 13.4. The fraction of sp³-hybridized carbons (Fsp3) is 0.406. The number of hydrogen-bond acceptors (Lipinski definition) is 7. The van der Waals surface area contributed by atoms with E-state index in [2.05, 4.69) is 70.0 Å². The molecule has 0 aliphatic heterocycles. The van der Waals surface area contributed by atoms with Gasteiger partial charge in [0.25, 0.3) is 0 Å². The van der Waals surface area contributed by atoms with E-state index in [1.165, 1.54) is 0 Å². The third kappa shape index (κ3) is 6.73. The summed E-state index contributed by atoms with van der Waals surface area (Å²) in [6.07, 6.45) is 4.98. The number of carbonyl (C=O) groups excluding carboxylic acids is 2. The van der Waals surface area contributed by atoms with Crippen molar-refractivity contribution in [1.82, 2.24) is 25.5 Å². The van der Waals surface area contributed by atoms with Gasteiger partial charge in [0, 0.05) is 18.5 Å². The molecule has 214 valence electrons. The number of tetrazole rings is 1. The molecule has 5 rings (SSSR count). The third-order valence-electron chi connectivity index (χ3n) is 7.76. The Kier molecular flexibility index (Phi) is 8.91. The molecule has 1 saturated carbocycles. The number of ether oxygens (including phenoxy) is 2. The van der Waals surface area contributed by atoms with Gasteiger partial charge in [-0.3, -0.25) is 4.79 Å². The summed E-state index contributed by atoms with van der Waals surface area (Å²) in [7, 11) is 0. The summed E-state index contributed by atoms with van der Waals surface area (Å²) in [5.74, 6) is 0.634. The van der Waals surface area contributed by atoms with Crippen LogP contribution in [0.5, 0.6) is 0 Å². The van der Waals surface area contributed by atoms with Gasteiger partial charge in [-0.25, -0.2) is 4.79 Å². The Labute approximate surface area is 240 Å². The number of unbranched alkanes of at least 4 members (excludes halogenated alkanes) is 1. The van der Waals surface area contributed by atoms with Crippen molar-refractivity contribution in [3.8, 4) is 22.5 Å². The highest BCUT2D eigenvalue weighted by Gasteiger charge is 2.41. The zero-order valence-electron chi connectivity index (χ0n) is 23.8. The number of H-pyrrole nitrogens is 1. The number of hydrogen-bond donors (Lipinski definition) is 1. The standard InChI is InChI=1S/C32H37N5O4/c1-3-5-12-29(38)37(22-32(17-8-9-18-32)41-31(39)40-4-2)21-23-13-14-25-20-26(16-15-24(25)19-23)27-10-6-7-11-28(27)30-33-35-36-34-30/h6-7,10-11,13-16,19-20H,3-5,8-9,12,17-18,21-22H2,1-2H3,(H,33,34,35,36). The predicted molar refractivity (Wildman–Crippen MR) is 157 cm³/mol. The number of aromatic amines is 1. The van der Waals surface area contributed by atoms with Crippen molar-refractivity contribution in [2.75, 3.05) is 13.2 Å². The van der Waals surface area contributed by atoms with Crippen LogP contribution >= 0.6 is 0 Å². The predicted octanol–water partition coefficient (Wildman–Crippen LogP) is 6.69. The summed E-state index contributed by atoms with van der Waals surface area (Å²) in [6.45, 7) is 4.93. The zero-order chi connectivity index (χ0) is 28.7. The smallest absolute Gasteiger partial charge is 0.435 e. The average molecular weight is 556 g/mol. The van der Waals surface area contributed by atoms with Gasteiger partial charge in [-0.05, 0) is 83.8 Å². The van der Waals surface area contributed by atoms with Crippen molar-refractivity contribution in [1.29, 1.82) is 0 Å². The highest BCUT2D eigenvalue weighted by atomic mass is 16.7. The molecule has 0 spiro atoms. The Hall–Kier alpha value is -4.27. The monoisotopic (exact) mass is 555 g/mol. The van der Waals surface area contributed by atoms with E-state index in [0.717, 1.165) is 71.6 Å². The summed E-state index contributed by atoms with van der Waals surface area (Å²) in [5, 5.41) is 16.7. The minimum atomic E-state index is -0.702. The van der Waals surface area contributed by atoms with Crippen LogP contribution < -0.4 is 0 Å². The zero-order valence-corrected chi connectivity index (χ0v) is 23.8. The van der Waals surface area contributed by atoms with Gasteiger partial charge >= 0.3 is 6.16 Å². The second-order valence-electron chi connectivity index (χ2n) is 10.7. The van der Waals surface area contributed by atoms with Crippen LogP contribution in [0.25, 0.3) is 33.3 Å². The van der Waals surface area contributed by atoms with Crippen LogP contribution in [0.2, 0.25) is 0 Å². The van der Waals surface area contributed by atoms with E-state index in [0.29, 0.717) is 25.3 Å². The van der Waals surface area contributed by atoms with E-state index in [4.69, 9.17) is 9.47 Å². The van der Waals surface area contributed by atoms with Crippen LogP contribution in [0.1, 0.15) is 64.4 Å². The van der Waals surface area contributed by atoms with Gasteiger partial charge in [0.15, 0.2) is 0 Å². The SMILES string of the molecule is CCCCC(=O)N(Cc1ccc2cc(-c3ccccc3-c3nn[nH]n3)ccc2c1)CC1(OC(=O)OCC)CCCC1. The molecule has 1 heterocycles. The lowest BCUT2D eigenvalue weighted by Gasteiger charge is -2.35. The number of rotatable bonds is 11. The largest absolute Gasteiger partial charge is 0.508 e. The summed E-state index contributed by atoms with van der Waals surface area (Å²) >= 11 is 0. The average Bonchev–Trinajstić information content (AvgIpc) is 3.68. The minimum absolute atomic E-state index is 0.0825. The minimum Gasteiger partial charge on any atom is -0.435 e. The molecule has 1 aliphatic carbocycles. The molecule has 4 aromatic rings. The summed E-state index contributed by atoms with van der Waals surface area (Å²) < 4.78 is 11.0.